The second kappa shape index (κ2) is 17.7. The molecule has 1 heterocycles. The van der Waals surface area contributed by atoms with Gasteiger partial charge in [-0.05, 0) is 57.3 Å². The van der Waals surface area contributed by atoms with Gasteiger partial charge in [0, 0.05) is 31.2 Å². The highest BCUT2D eigenvalue weighted by molar-refractivity contribution is 7.92. The molecule has 38 heavy (non-hydrogen) atoms. The number of rotatable bonds is 21. The number of hydrogen-bond acceptors (Lipinski definition) is 5. The van der Waals surface area contributed by atoms with Gasteiger partial charge in [0.1, 0.15) is 5.82 Å². The first kappa shape index (κ1) is 32.4. The van der Waals surface area contributed by atoms with Crippen LogP contribution >= 0.6 is 0 Å². The van der Waals surface area contributed by atoms with Crippen LogP contribution in [0.15, 0.2) is 24.3 Å². The maximum Gasteiger partial charge on any atom is 0.232 e. The molecule has 0 saturated heterocycles. The fourth-order valence-corrected chi connectivity index (χ4v) is 5.99. The van der Waals surface area contributed by atoms with E-state index in [1.54, 1.807) is 0 Å². The summed E-state index contributed by atoms with van der Waals surface area (Å²) in [5.41, 5.74) is 2.59. The van der Waals surface area contributed by atoms with E-state index in [0.29, 0.717) is 12.1 Å². The van der Waals surface area contributed by atoms with Gasteiger partial charge in [0.2, 0.25) is 10.0 Å². The van der Waals surface area contributed by atoms with Crippen molar-refractivity contribution in [3.63, 3.8) is 0 Å². The molecule has 1 aromatic carbocycles. The molecular weight excluding hydrogens is 492 g/mol. The van der Waals surface area contributed by atoms with Gasteiger partial charge in [-0.3, -0.25) is 4.72 Å². The highest BCUT2D eigenvalue weighted by atomic mass is 32.2. The van der Waals surface area contributed by atoms with Crippen molar-refractivity contribution in [3.05, 3.63) is 29.8 Å². The molecule has 0 radical (unpaired) electrons. The molecule has 0 aliphatic carbocycles. The van der Waals surface area contributed by atoms with Crippen LogP contribution in [0.5, 0.6) is 0 Å². The monoisotopic (exact) mass is 546 g/mol. The molecule has 7 heteroatoms. The topological polar surface area (TPSA) is 65.5 Å². The van der Waals surface area contributed by atoms with Crippen LogP contribution in [0.4, 0.5) is 11.5 Å². The van der Waals surface area contributed by atoms with Crippen molar-refractivity contribution in [1.82, 2.24) is 9.88 Å². The lowest BCUT2D eigenvalue weighted by Crippen LogP contribution is -2.29. The van der Waals surface area contributed by atoms with Gasteiger partial charge in [-0.25, -0.2) is 13.4 Å². The summed E-state index contributed by atoms with van der Waals surface area (Å²) in [6.07, 6.45) is 17.6. The number of nitrogens with one attached hydrogen (secondary N) is 1. The predicted octanol–water partition coefficient (Wildman–Crippen LogP) is 7.76. The molecule has 0 fully saturated rings. The maximum absolute atomic E-state index is 12.7. The average molecular weight is 547 g/mol. The number of hydrogen-bond donors (Lipinski definition) is 1. The highest BCUT2D eigenvalue weighted by Crippen LogP contribution is 2.25. The van der Waals surface area contributed by atoms with E-state index in [4.69, 9.17) is 4.98 Å². The molecule has 0 atom stereocenters. The van der Waals surface area contributed by atoms with Crippen LogP contribution < -0.4 is 9.62 Å². The Kier molecular flexibility index (Phi) is 15.0. The Labute approximate surface area is 233 Å². The third-order valence-electron chi connectivity index (χ3n) is 7.32. The standard InChI is InChI=1S/C31H54N4O2S/c1-6-7-8-9-10-11-12-13-14-15-16-17-18-19-24-38(36,37)33-28-20-21-30-29(26-28)27(2)25-31(32-30)35(5)23-22-34(3)4/h20-21,25-26,33H,6-19,22-24H2,1-5H3. The number of pyridine rings is 1. The van der Waals surface area contributed by atoms with E-state index in [9.17, 15) is 8.42 Å². The number of anilines is 2. The zero-order chi connectivity index (χ0) is 27.8. The van der Waals surface area contributed by atoms with Gasteiger partial charge >= 0.3 is 0 Å². The minimum atomic E-state index is -3.35. The zero-order valence-corrected chi connectivity index (χ0v) is 25.7. The average Bonchev–Trinajstić information content (AvgIpc) is 2.87. The SMILES string of the molecule is CCCCCCCCCCCCCCCCS(=O)(=O)Nc1ccc2nc(N(C)CCN(C)C)cc(C)c2c1. The normalized spacial score (nSPS) is 11.9. The summed E-state index contributed by atoms with van der Waals surface area (Å²) in [7, 11) is 2.83. The van der Waals surface area contributed by atoms with Crippen LogP contribution in [0.1, 0.15) is 102 Å². The Bertz CT molecular complexity index is 1040. The first-order chi connectivity index (χ1) is 18.2. The molecule has 0 aliphatic heterocycles. The van der Waals surface area contributed by atoms with Gasteiger partial charge in [-0.15, -0.1) is 0 Å². The predicted molar refractivity (Wildman–Crippen MR) is 166 cm³/mol. The van der Waals surface area contributed by atoms with Crippen molar-refractivity contribution >= 4 is 32.4 Å². The molecule has 1 N–H and O–H groups in total. The second-order valence-corrected chi connectivity index (χ2v) is 13.1. The summed E-state index contributed by atoms with van der Waals surface area (Å²) >= 11 is 0. The number of nitrogens with zero attached hydrogens (tertiary/aromatic N) is 3. The molecule has 1 aromatic heterocycles. The van der Waals surface area contributed by atoms with E-state index in [0.717, 1.165) is 48.2 Å². The number of aryl methyl sites for hydroxylation is 1. The zero-order valence-electron chi connectivity index (χ0n) is 24.9. The van der Waals surface area contributed by atoms with Crippen molar-refractivity contribution in [3.8, 4) is 0 Å². The van der Waals surface area contributed by atoms with Crippen molar-refractivity contribution in [1.29, 1.82) is 0 Å². The lowest BCUT2D eigenvalue weighted by atomic mass is 10.0. The molecule has 2 rings (SSSR count). The van der Waals surface area contributed by atoms with Crippen LogP contribution in [0.2, 0.25) is 0 Å². The molecule has 2 aromatic rings. The smallest absolute Gasteiger partial charge is 0.232 e. The summed E-state index contributed by atoms with van der Waals surface area (Å²) in [5, 5.41) is 0.978. The molecule has 0 unspecified atom stereocenters. The van der Waals surface area contributed by atoms with Crippen LogP contribution in [-0.2, 0) is 10.0 Å². The van der Waals surface area contributed by atoms with E-state index in [1.165, 1.54) is 70.6 Å². The fraction of sp³-hybridized carbons (Fsp3) is 0.710. The summed E-state index contributed by atoms with van der Waals surface area (Å²) in [4.78, 5) is 9.11. The van der Waals surface area contributed by atoms with Gasteiger partial charge in [0.15, 0.2) is 0 Å². The largest absolute Gasteiger partial charge is 0.358 e. The van der Waals surface area contributed by atoms with Gasteiger partial charge in [-0.2, -0.15) is 0 Å². The van der Waals surface area contributed by atoms with E-state index in [1.807, 2.05) is 18.2 Å². The Morgan fingerprint density at radius 3 is 1.87 bits per heavy atom. The molecule has 0 spiro atoms. The molecular formula is C31H54N4O2S. The Morgan fingerprint density at radius 2 is 1.32 bits per heavy atom. The van der Waals surface area contributed by atoms with Crippen molar-refractivity contribution in [2.75, 3.05) is 49.6 Å². The number of likely N-dealkylation sites (N-methyl/N-ethyl adjacent to an activating group) is 2. The van der Waals surface area contributed by atoms with E-state index < -0.39 is 10.0 Å². The minimum absolute atomic E-state index is 0.176. The highest BCUT2D eigenvalue weighted by Gasteiger charge is 2.13. The Balaban J connectivity index is 1.68. The maximum atomic E-state index is 12.7. The summed E-state index contributed by atoms with van der Waals surface area (Å²) < 4.78 is 28.1. The van der Waals surface area contributed by atoms with E-state index in [-0.39, 0.29) is 5.75 Å². The first-order valence-corrected chi connectivity index (χ1v) is 16.6. The number of fused-ring (bicyclic) bond motifs is 1. The second-order valence-electron chi connectivity index (χ2n) is 11.3. The molecule has 0 bridgehead atoms. The molecule has 0 saturated carbocycles. The number of benzene rings is 1. The van der Waals surface area contributed by atoms with Crippen molar-refractivity contribution in [2.24, 2.45) is 0 Å². The van der Waals surface area contributed by atoms with Gasteiger partial charge in [0.05, 0.1) is 11.3 Å². The number of aromatic nitrogens is 1. The number of sulfonamides is 1. The lowest BCUT2D eigenvalue weighted by Gasteiger charge is -2.21. The molecule has 0 aliphatic rings. The van der Waals surface area contributed by atoms with E-state index in [2.05, 4.69) is 55.6 Å². The van der Waals surface area contributed by atoms with Crippen LogP contribution in [-0.4, -0.2) is 58.3 Å². The third kappa shape index (κ3) is 12.8. The van der Waals surface area contributed by atoms with Crippen LogP contribution in [0.3, 0.4) is 0 Å². The first-order valence-electron chi connectivity index (χ1n) is 15.0. The van der Waals surface area contributed by atoms with Gasteiger partial charge < -0.3 is 9.80 Å². The van der Waals surface area contributed by atoms with Crippen molar-refractivity contribution < 1.29 is 8.42 Å². The van der Waals surface area contributed by atoms with Crippen LogP contribution in [0.25, 0.3) is 10.9 Å². The van der Waals surface area contributed by atoms with Gasteiger partial charge in [0.25, 0.3) is 0 Å². The van der Waals surface area contributed by atoms with Crippen molar-refractivity contribution in [2.45, 2.75) is 104 Å². The number of unbranched alkanes of at least 4 members (excludes halogenated alkanes) is 13. The third-order valence-corrected chi connectivity index (χ3v) is 8.69. The van der Waals surface area contributed by atoms with E-state index >= 15 is 0 Å². The summed E-state index contributed by atoms with van der Waals surface area (Å²) in [6.45, 7) is 6.17. The summed E-state index contributed by atoms with van der Waals surface area (Å²) in [5.74, 6) is 1.11. The lowest BCUT2D eigenvalue weighted by molar-refractivity contribution is 0.416. The van der Waals surface area contributed by atoms with Gasteiger partial charge in [-0.1, -0.05) is 90.4 Å². The molecule has 0 amide bonds. The molecule has 6 nitrogen and oxygen atoms in total. The summed E-state index contributed by atoms with van der Waals surface area (Å²) in [6, 6.07) is 7.71. The fourth-order valence-electron chi connectivity index (χ4n) is 4.82. The molecule has 216 valence electrons. The Hall–Kier alpha value is -1.86. The Morgan fingerprint density at radius 1 is 0.763 bits per heavy atom. The minimum Gasteiger partial charge on any atom is -0.358 e. The quantitative estimate of drug-likeness (QED) is 0.162. The van der Waals surface area contributed by atoms with Crippen LogP contribution in [0, 0.1) is 6.92 Å².